The van der Waals surface area contributed by atoms with Gasteiger partial charge in [0, 0.05) is 26.1 Å². The monoisotopic (exact) mass is 324 g/mol. The fourth-order valence-corrected chi connectivity index (χ4v) is 3.52. The van der Waals surface area contributed by atoms with Crippen molar-refractivity contribution >= 4 is 15.7 Å². The van der Waals surface area contributed by atoms with E-state index in [9.17, 15) is 13.2 Å². The number of rotatable bonds is 5. The average Bonchev–Trinajstić information content (AvgIpc) is 2.82. The van der Waals surface area contributed by atoms with Crippen LogP contribution in [0.15, 0.2) is 29.2 Å². The van der Waals surface area contributed by atoms with Crippen molar-refractivity contribution in [3.05, 3.63) is 29.8 Å². The van der Waals surface area contributed by atoms with Crippen molar-refractivity contribution < 1.29 is 13.2 Å². The summed E-state index contributed by atoms with van der Waals surface area (Å²) in [7, 11) is -3.19. The van der Waals surface area contributed by atoms with Gasteiger partial charge in [0.2, 0.25) is 5.91 Å². The van der Waals surface area contributed by atoms with Gasteiger partial charge in [-0.05, 0) is 37.1 Å². The minimum Gasteiger partial charge on any atom is -0.341 e. The fourth-order valence-electron chi connectivity index (χ4n) is 2.57. The Kier molecular flexibility index (Phi) is 5.97. The van der Waals surface area contributed by atoms with E-state index in [1.165, 1.54) is 0 Å². The maximum absolute atomic E-state index is 12.2. The molecule has 0 unspecified atom stereocenters. The van der Waals surface area contributed by atoms with Crippen LogP contribution in [0.3, 0.4) is 0 Å². The van der Waals surface area contributed by atoms with Gasteiger partial charge in [0.25, 0.3) is 0 Å². The van der Waals surface area contributed by atoms with Crippen molar-refractivity contribution in [2.24, 2.45) is 0 Å². The number of benzene rings is 1. The number of hydrogen-bond acceptors (Lipinski definition) is 4. The molecule has 0 aromatic heterocycles. The fraction of sp³-hybridized carbons (Fsp3) is 0.562. The summed E-state index contributed by atoms with van der Waals surface area (Å²) in [6.07, 6.45) is 1.99. The third-order valence-corrected chi connectivity index (χ3v) is 5.69. The summed E-state index contributed by atoms with van der Waals surface area (Å²) in [4.78, 5) is 14.5. The Morgan fingerprint density at radius 2 is 2.09 bits per heavy atom. The highest BCUT2D eigenvalue weighted by molar-refractivity contribution is 7.91. The zero-order valence-electron chi connectivity index (χ0n) is 13.0. The Morgan fingerprint density at radius 1 is 1.27 bits per heavy atom. The van der Waals surface area contributed by atoms with Crippen molar-refractivity contribution in [1.82, 2.24) is 10.2 Å². The standard InChI is InChI=1S/C16H24N2O3S/c1-2-22(20,21)15-6-3-5-14(13-15)7-8-16(19)18-11-4-9-17-10-12-18/h3,5-6,13,17H,2,4,7-12H2,1H3. The van der Waals surface area contributed by atoms with Crippen LogP contribution in [0.2, 0.25) is 0 Å². The first-order valence-corrected chi connectivity index (χ1v) is 9.48. The second-order valence-corrected chi connectivity index (χ2v) is 7.81. The van der Waals surface area contributed by atoms with Crippen LogP contribution in [0.1, 0.15) is 25.3 Å². The van der Waals surface area contributed by atoms with Crippen molar-refractivity contribution in [3.8, 4) is 0 Å². The van der Waals surface area contributed by atoms with Gasteiger partial charge in [-0.15, -0.1) is 0 Å². The predicted molar refractivity (Wildman–Crippen MR) is 86.6 cm³/mol. The lowest BCUT2D eigenvalue weighted by Crippen LogP contribution is -2.34. The lowest BCUT2D eigenvalue weighted by molar-refractivity contribution is -0.130. The SMILES string of the molecule is CCS(=O)(=O)c1cccc(CCC(=O)N2CCCNCC2)c1. The molecule has 122 valence electrons. The first-order chi connectivity index (χ1) is 10.5. The van der Waals surface area contributed by atoms with Gasteiger partial charge >= 0.3 is 0 Å². The molecule has 0 atom stereocenters. The van der Waals surface area contributed by atoms with Crippen molar-refractivity contribution in [3.63, 3.8) is 0 Å². The highest BCUT2D eigenvalue weighted by Crippen LogP contribution is 2.15. The largest absolute Gasteiger partial charge is 0.341 e. The van der Waals surface area contributed by atoms with E-state index in [1.807, 2.05) is 11.0 Å². The van der Waals surface area contributed by atoms with Crippen LogP contribution in [-0.2, 0) is 21.1 Å². The first kappa shape index (κ1) is 17.0. The molecule has 1 heterocycles. The predicted octanol–water partition coefficient (Wildman–Crippen LogP) is 1.23. The number of nitrogens with zero attached hydrogens (tertiary/aromatic N) is 1. The van der Waals surface area contributed by atoms with E-state index >= 15 is 0 Å². The second kappa shape index (κ2) is 7.74. The van der Waals surface area contributed by atoms with Crippen LogP contribution in [-0.4, -0.2) is 51.2 Å². The minimum atomic E-state index is -3.19. The third-order valence-electron chi connectivity index (χ3n) is 3.96. The van der Waals surface area contributed by atoms with Crippen LogP contribution >= 0.6 is 0 Å². The maximum Gasteiger partial charge on any atom is 0.222 e. The molecule has 1 fully saturated rings. The van der Waals surface area contributed by atoms with Gasteiger partial charge < -0.3 is 10.2 Å². The smallest absolute Gasteiger partial charge is 0.222 e. The molecule has 0 spiro atoms. The van der Waals surface area contributed by atoms with Gasteiger partial charge in [-0.1, -0.05) is 19.1 Å². The molecule has 1 aliphatic heterocycles. The summed E-state index contributed by atoms with van der Waals surface area (Å²) >= 11 is 0. The third kappa shape index (κ3) is 4.55. The maximum atomic E-state index is 12.2. The first-order valence-electron chi connectivity index (χ1n) is 7.83. The molecule has 1 aromatic carbocycles. The minimum absolute atomic E-state index is 0.0934. The molecule has 1 N–H and O–H groups in total. The number of nitrogens with one attached hydrogen (secondary N) is 1. The van der Waals surface area contributed by atoms with Crippen LogP contribution in [0.25, 0.3) is 0 Å². The average molecular weight is 324 g/mol. The normalized spacial score (nSPS) is 16.3. The lowest BCUT2D eigenvalue weighted by Gasteiger charge is -2.19. The van der Waals surface area contributed by atoms with E-state index in [1.54, 1.807) is 25.1 Å². The molecule has 1 aromatic rings. The Balaban J connectivity index is 1.96. The summed E-state index contributed by atoms with van der Waals surface area (Å²) in [6, 6.07) is 6.94. The Labute approximate surface area is 132 Å². The number of sulfone groups is 1. The van der Waals surface area contributed by atoms with E-state index < -0.39 is 9.84 Å². The molecule has 0 saturated carbocycles. The topological polar surface area (TPSA) is 66.5 Å². The summed E-state index contributed by atoms with van der Waals surface area (Å²) in [6.45, 7) is 4.99. The Morgan fingerprint density at radius 3 is 2.86 bits per heavy atom. The molecule has 1 amide bonds. The van der Waals surface area contributed by atoms with Crippen molar-refractivity contribution in [1.29, 1.82) is 0 Å². The summed E-state index contributed by atoms with van der Waals surface area (Å²) in [5.74, 6) is 0.239. The van der Waals surface area contributed by atoms with E-state index in [-0.39, 0.29) is 11.7 Å². The van der Waals surface area contributed by atoms with Gasteiger partial charge in [-0.3, -0.25) is 4.79 Å². The van der Waals surface area contributed by atoms with Gasteiger partial charge in [0.1, 0.15) is 0 Å². The Bertz CT molecular complexity index is 606. The van der Waals surface area contributed by atoms with Gasteiger partial charge in [0.05, 0.1) is 10.6 Å². The molecule has 0 radical (unpaired) electrons. The molecule has 6 heteroatoms. The molecule has 1 saturated heterocycles. The molecule has 0 bridgehead atoms. The molecule has 0 aliphatic carbocycles. The second-order valence-electron chi connectivity index (χ2n) is 5.54. The molecular weight excluding hydrogens is 300 g/mol. The van der Waals surface area contributed by atoms with Crippen molar-refractivity contribution in [2.75, 3.05) is 31.9 Å². The van der Waals surface area contributed by atoms with Crippen LogP contribution in [0, 0.1) is 0 Å². The number of hydrogen-bond donors (Lipinski definition) is 1. The van der Waals surface area contributed by atoms with Gasteiger partial charge in [0.15, 0.2) is 9.84 Å². The lowest BCUT2D eigenvalue weighted by atomic mass is 10.1. The summed E-state index contributed by atoms with van der Waals surface area (Å²) in [5, 5.41) is 3.28. The highest BCUT2D eigenvalue weighted by Gasteiger charge is 2.16. The number of carbonyl (C=O) groups excluding carboxylic acids is 1. The number of carbonyl (C=O) groups is 1. The molecular formula is C16H24N2O3S. The van der Waals surface area contributed by atoms with E-state index in [4.69, 9.17) is 0 Å². The van der Waals surface area contributed by atoms with Crippen LogP contribution < -0.4 is 5.32 Å². The molecule has 2 rings (SSSR count). The molecule has 5 nitrogen and oxygen atoms in total. The van der Waals surface area contributed by atoms with Crippen LogP contribution in [0.5, 0.6) is 0 Å². The zero-order valence-corrected chi connectivity index (χ0v) is 13.9. The highest BCUT2D eigenvalue weighted by atomic mass is 32.2. The van der Waals surface area contributed by atoms with E-state index in [0.29, 0.717) is 17.7 Å². The van der Waals surface area contributed by atoms with E-state index in [2.05, 4.69) is 5.32 Å². The number of aryl methyl sites for hydroxylation is 1. The summed E-state index contributed by atoms with van der Waals surface area (Å²) in [5.41, 5.74) is 0.899. The Hall–Kier alpha value is -1.40. The van der Waals surface area contributed by atoms with Gasteiger partial charge in [-0.25, -0.2) is 8.42 Å². The van der Waals surface area contributed by atoms with Crippen LogP contribution in [0.4, 0.5) is 0 Å². The molecule has 1 aliphatic rings. The quantitative estimate of drug-likeness (QED) is 0.885. The number of amides is 1. The molecule has 22 heavy (non-hydrogen) atoms. The van der Waals surface area contributed by atoms with E-state index in [0.717, 1.165) is 38.2 Å². The summed E-state index contributed by atoms with van der Waals surface area (Å²) < 4.78 is 23.8. The van der Waals surface area contributed by atoms with Crippen molar-refractivity contribution in [2.45, 2.75) is 31.1 Å². The zero-order chi connectivity index (χ0) is 16.0. The van der Waals surface area contributed by atoms with Gasteiger partial charge in [-0.2, -0.15) is 0 Å².